The number of thioether (sulfide) groups is 1. The van der Waals surface area contributed by atoms with Crippen LogP contribution in [0.3, 0.4) is 0 Å². The van der Waals surface area contributed by atoms with E-state index in [9.17, 15) is 4.79 Å². The first-order valence-electron chi connectivity index (χ1n) is 4.77. The van der Waals surface area contributed by atoms with Gasteiger partial charge in [-0.05, 0) is 12.3 Å². The molecular formula is C9H15NO2S. The molecule has 2 rings (SSSR count). The SMILES string of the molecule is C[C@@H]1CCO[C@@H]1C(=O)N1CCSC1. The molecule has 4 heteroatoms. The Morgan fingerprint density at radius 2 is 2.46 bits per heavy atom. The summed E-state index contributed by atoms with van der Waals surface area (Å²) in [6, 6.07) is 0. The molecule has 2 heterocycles. The summed E-state index contributed by atoms with van der Waals surface area (Å²) in [4.78, 5) is 13.8. The molecule has 0 N–H and O–H groups in total. The molecule has 2 atom stereocenters. The molecule has 2 fully saturated rings. The number of hydrogen-bond donors (Lipinski definition) is 0. The number of ether oxygens (including phenoxy) is 1. The van der Waals surface area contributed by atoms with Crippen LogP contribution in [0.1, 0.15) is 13.3 Å². The zero-order valence-electron chi connectivity index (χ0n) is 7.86. The fourth-order valence-electron chi connectivity index (χ4n) is 1.78. The first-order chi connectivity index (χ1) is 6.29. The van der Waals surface area contributed by atoms with Gasteiger partial charge in [0.15, 0.2) is 0 Å². The molecule has 0 aromatic rings. The van der Waals surface area contributed by atoms with Gasteiger partial charge in [-0.1, -0.05) is 6.92 Å². The van der Waals surface area contributed by atoms with Crippen LogP contribution < -0.4 is 0 Å². The lowest BCUT2D eigenvalue weighted by atomic mass is 10.0. The zero-order valence-corrected chi connectivity index (χ0v) is 8.68. The highest BCUT2D eigenvalue weighted by molar-refractivity contribution is 7.99. The Morgan fingerprint density at radius 3 is 3.00 bits per heavy atom. The van der Waals surface area contributed by atoms with Crippen LogP contribution in [0.25, 0.3) is 0 Å². The van der Waals surface area contributed by atoms with Crippen molar-refractivity contribution in [2.45, 2.75) is 19.4 Å². The summed E-state index contributed by atoms with van der Waals surface area (Å²) in [5, 5.41) is 0. The van der Waals surface area contributed by atoms with Crippen molar-refractivity contribution in [2.24, 2.45) is 5.92 Å². The minimum Gasteiger partial charge on any atom is -0.368 e. The molecule has 74 valence electrons. The van der Waals surface area contributed by atoms with E-state index >= 15 is 0 Å². The highest BCUT2D eigenvalue weighted by Crippen LogP contribution is 2.24. The van der Waals surface area contributed by atoms with Crippen LogP contribution in [0.4, 0.5) is 0 Å². The Kier molecular flexibility index (Phi) is 2.79. The first-order valence-corrected chi connectivity index (χ1v) is 5.92. The van der Waals surface area contributed by atoms with E-state index in [4.69, 9.17) is 4.74 Å². The highest BCUT2D eigenvalue weighted by atomic mass is 32.2. The third-order valence-electron chi connectivity index (χ3n) is 2.70. The van der Waals surface area contributed by atoms with Crippen LogP contribution in [-0.2, 0) is 9.53 Å². The molecular weight excluding hydrogens is 186 g/mol. The van der Waals surface area contributed by atoms with Gasteiger partial charge in [0, 0.05) is 18.9 Å². The van der Waals surface area contributed by atoms with Crippen molar-refractivity contribution in [1.29, 1.82) is 0 Å². The summed E-state index contributed by atoms with van der Waals surface area (Å²) >= 11 is 1.82. The molecule has 0 aliphatic carbocycles. The predicted molar refractivity (Wildman–Crippen MR) is 52.6 cm³/mol. The van der Waals surface area contributed by atoms with Gasteiger partial charge in [0.25, 0.3) is 5.91 Å². The quantitative estimate of drug-likeness (QED) is 0.632. The second-order valence-corrected chi connectivity index (χ2v) is 4.77. The maximum atomic E-state index is 11.8. The van der Waals surface area contributed by atoms with Gasteiger partial charge in [-0.2, -0.15) is 0 Å². The molecule has 0 saturated carbocycles. The average molecular weight is 201 g/mol. The van der Waals surface area contributed by atoms with E-state index in [0.717, 1.165) is 31.2 Å². The topological polar surface area (TPSA) is 29.5 Å². The summed E-state index contributed by atoms with van der Waals surface area (Å²) in [7, 11) is 0. The van der Waals surface area contributed by atoms with Gasteiger partial charge in [0.05, 0.1) is 5.88 Å². The standard InChI is InChI=1S/C9H15NO2S/c1-7-2-4-12-8(7)9(11)10-3-5-13-6-10/h7-8H,2-6H2,1H3/t7-,8+/m1/s1. The lowest BCUT2D eigenvalue weighted by Gasteiger charge is -2.21. The first kappa shape index (κ1) is 9.34. The van der Waals surface area contributed by atoms with E-state index in [1.165, 1.54) is 0 Å². The third kappa shape index (κ3) is 1.83. The number of amides is 1. The maximum Gasteiger partial charge on any atom is 0.252 e. The van der Waals surface area contributed by atoms with Crippen molar-refractivity contribution < 1.29 is 9.53 Å². The van der Waals surface area contributed by atoms with Crippen LogP contribution in [0, 0.1) is 5.92 Å². The predicted octanol–water partition coefficient (Wildman–Crippen LogP) is 0.944. The largest absolute Gasteiger partial charge is 0.368 e. The van der Waals surface area contributed by atoms with Crippen molar-refractivity contribution in [2.75, 3.05) is 24.8 Å². The van der Waals surface area contributed by atoms with Crippen LogP contribution in [0.2, 0.25) is 0 Å². The van der Waals surface area contributed by atoms with Crippen LogP contribution in [-0.4, -0.2) is 41.7 Å². The van der Waals surface area contributed by atoms with Gasteiger partial charge in [0.1, 0.15) is 6.10 Å². The molecule has 0 aromatic heterocycles. The Hall–Kier alpha value is -0.220. The van der Waals surface area contributed by atoms with E-state index in [2.05, 4.69) is 6.92 Å². The van der Waals surface area contributed by atoms with Crippen molar-refractivity contribution >= 4 is 17.7 Å². The number of carbonyl (C=O) groups excluding carboxylic acids is 1. The number of rotatable bonds is 1. The molecule has 0 bridgehead atoms. The average Bonchev–Trinajstić information content (AvgIpc) is 2.72. The minimum atomic E-state index is -0.154. The third-order valence-corrected chi connectivity index (χ3v) is 3.66. The van der Waals surface area contributed by atoms with Crippen LogP contribution in [0.15, 0.2) is 0 Å². The van der Waals surface area contributed by atoms with Crippen molar-refractivity contribution in [1.82, 2.24) is 4.90 Å². The van der Waals surface area contributed by atoms with Crippen LogP contribution >= 0.6 is 11.8 Å². The molecule has 0 unspecified atom stereocenters. The Labute approximate surface area is 82.8 Å². The summed E-state index contributed by atoms with van der Waals surface area (Å²) in [5.74, 6) is 2.53. The Morgan fingerprint density at radius 1 is 1.62 bits per heavy atom. The molecule has 13 heavy (non-hydrogen) atoms. The van der Waals surface area contributed by atoms with Crippen molar-refractivity contribution in [3.05, 3.63) is 0 Å². The van der Waals surface area contributed by atoms with Gasteiger partial charge in [-0.15, -0.1) is 11.8 Å². The second kappa shape index (κ2) is 3.88. The number of carbonyl (C=O) groups is 1. The summed E-state index contributed by atoms with van der Waals surface area (Å²) in [6.45, 7) is 3.74. The summed E-state index contributed by atoms with van der Waals surface area (Å²) < 4.78 is 5.44. The molecule has 2 aliphatic heterocycles. The Bertz CT molecular complexity index is 204. The summed E-state index contributed by atoms with van der Waals surface area (Å²) in [6.07, 6.45) is 0.871. The van der Waals surface area contributed by atoms with E-state index in [-0.39, 0.29) is 12.0 Å². The Balaban J connectivity index is 1.95. The lowest BCUT2D eigenvalue weighted by molar-refractivity contribution is -0.140. The molecule has 2 saturated heterocycles. The van der Waals surface area contributed by atoms with Gasteiger partial charge in [0.2, 0.25) is 0 Å². The second-order valence-electron chi connectivity index (χ2n) is 3.70. The van der Waals surface area contributed by atoms with E-state index in [0.29, 0.717) is 5.92 Å². The monoisotopic (exact) mass is 201 g/mol. The maximum absolute atomic E-state index is 11.8. The minimum absolute atomic E-state index is 0.154. The van der Waals surface area contributed by atoms with E-state index in [1.807, 2.05) is 16.7 Å². The fraction of sp³-hybridized carbons (Fsp3) is 0.889. The highest BCUT2D eigenvalue weighted by Gasteiger charge is 2.34. The summed E-state index contributed by atoms with van der Waals surface area (Å²) in [5.41, 5.74) is 0. The molecule has 0 spiro atoms. The zero-order chi connectivity index (χ0) is 9.26. The van der Waals surface area contributed by atoms with Crippen LogP contribution in [0.5, 0.6) is 0 Å². The smallest absolute Gasteiger partial charge is 0.252 e. The van der Waals surface area contributed by atoms with Crippen molar-refractivity contribution in [3.8, 4) is 0 Å². The molecule has 2 aliphatic rings. The molecule has 1 amide bonds. The normalized spacial score (nSPS) is 34.1. The van der Waals surface area contributed by atoms with Gasteiger partial charge in [-0.25, -0.2) is 0 Å². The van der Waals surface area contributed by atoms with E-state index < -0.39 is 0 Å². The van der Waals surface area contributed by atoms with Gasteiger partial charge < -0.3 is 9.64 Å². The molecule has 0 aromatic carbocycles. The van der Waals surface area contributed by atoms with E-state index in [1.54, 1.807) is 0 Å². The van der Waals surface area contributed by atoms with Gasteiger partial charge >= 0.3 is 0 Å². The number of hydrogen-bond acceptors (Lipinski definition) is 3. The molecule has 0 radical (unpaired) electrons. The lowest BCUT2D eigenvalue weighted by Crippen LogP contribution is -2.39. The van der Waals surface area contributed by atoms with Crippen molar-refractivity contribution in [3.63, 3.8) is 0 Å². The fourth-order valence-corrected chi connectivity index (χ4v) is 2.73. The van der Waals surface area contributed by atoms with Gasteiger partial charge in [-0.3, -0.25) is 4.79 Å². The number of nitrogens with zero attached hydrogens (tertiary/aromatic N) is 1. The molecule has 3 nitrogen and oxygen atoms in total.